The van der Waals surface area contributed by atoms with Crippen molar-refractivity contribution in [3.63, 3.8) is 0 Å². The molecule has 0 amide bonds. The summed E-state index contributed by atoms with van der Waals surface area (Å²) in [5, 5.41) is 0. The second-order valence-electron chi connectivity index (χ2n) is 5.73. The van der Waals surface area contributed by atoms with Gasteiger partial charge in [0.25, 0.3) is 0 Å². The molecule has 1 aliphatic rings. The van der Waals surface area contributed by atoms with Crippen LogP contribution < -0.4 is 4.90 Å². The number of carbonyl (C=O) groups is 2. The summed E-state index contributed by atoms with van der Waals surface area (Å²) in [7, 11) is 0. The van der Waals surface area contributed by atoms with Crippen LogP contribution in [0.2, 0.25) is 0 Å². The number of esters is 2. The van der Waals surface area contributed by atoms with Gasteiger partial charge in [-0.05, 0) is 31.9 Å². The predicted octanol–water partition coefficient (Wildman–Crippen LogP) is 2.83. The molecule has 2 rings (SSSR count). The van der Waals surface area contributed by atoms with Crippen molar-refractivity contribution < 1.29 is 19.1 Å². The van der Waals surface area contributed by atoms with Crippen molar-refractivity contribution in [2.45, 2.75) is 20.8 Å². The number of thiocarbonyl (C=S) groups is 1. The van der Waals surface area contributed by atoms with E-state index >= 15 is 0 Å². The van der Waals surface area contributed by atoms with E-state index in [0.29, 0.717) is 6.54 Å². The van der Waals surface area contributed by atoms with Crippen LogP contribution in [0.3, 0.4) is 0 Å². The third kappa shape index (κ3) is 3.75. The van der Waals surface area contributed by atoms with Crippen LogP contribution >= 0.6 is 12.2 Å². The number of anilines is 1. The number of hydrogen-bond donors (Lipinski definition) is 0. The first-order valence-electron chi connectivity index (χ1n) is 8.20. The maximum atomic E-state index is 12.2. The molecule has 1 unspecified atom stereocenters. The molecule has 0 saturated carbocycles. The molecule has 0 aromatic heterocycles. The monoisotopic (exact) mass is 349 g/mol. The topological polar surface area (TPSA) is 55.8 Å². The van der Waals surface area contributed by atoms with Crippen molar-refractivity contribution in [3.8, 4) is 0 Å². The first-order chi connectivity index (χ1) is 11.5. The van der Waals surface area contributed by atoms with Crippen molar-refractivity contribution >= 4 is 34.8 Å². The molecule has 2 atom stereocenters. The van der Waals surface area contributed by atoms with E-state index in [9.17, 15) is 9.59 Å². The molecule has 0 N–H and O–H groups in total. The van der Waals surface area contributed by atoms with Gasteiger partial charge < -0.3 is 14.4 Å². The minimum atomic E-state index is -0.939. The van der Waals surface area contributed by atoms with Crippen molar-refractivity contribution in [2.24, 2.45) is 17.8 Å². The average Bonchev–Trinajstić information content (AvgIpc) is 2.55. The Bertz CT molecular complexity index is 586. The molecule has 1 aromatic carbocycles. The smallest absolute Gasteiger partial charge is 0.320 e. The first kappa shape index (κ1) is 18.4. The highest BCUT2D eigenvalue weighted by Gasteiger charge is 2.46. The van der Waals surface area contributed by atoms with Gasteiger partial charge in [0.2, 0.25) is 0 Å². The number of hydrogen-bond acceptors (Lipinski definition) is 5. The van der Waals surface area contributed by atoms with E-state index in [2.05, 4.69) is 0 Å². The molecule has 1 aliphatic heterocycles. The second-order valence-corrected chi connectivity index (χ2v) is 6.15. The summed E-state index contributed by atoms with van der Waals surface area (Å²) in [6.45, 7) is 6.43. The molecular weight excluding hydrogens is 326 g/mol. The molecule has 6 heteroatoms. The minimum Gasteiger partial charge on any atom is -0.465 e. The molecule has 0 aliphatic carbocycles. The van der Waals surface area contributed by atoms with Crippen LogP contribution in [0.1, 0.15) is 20.8 Å². The Kier molecular flexibility index (Phi) is 6.31. The van der Waals surface area contributed by atoms with Crippen molar-refractivity contribution in [1.82, 2.24) is 0 Å². The van der Waals surface area contributed by atoms with Gasteiger partial charge in [0, 0.05) is 18.2 Å². The summed E-state index contributed by atoms with van der Waals surface area (Å²) in [5.41, 5.74) is 1.02. The molecule has 1 heterocycles. The Morgan fingerprint density at radius 2 is 1.71 bits per heavy atom. The van der Waals surface area contributed by atoms with Crippen molar-refractivity contribution in [2.75, 3.05) is 24.7 Å². The molecule has 0 radical (unpaired) electrons. The standard InChI is InChI=1S/C18H23NO4S/c1-4-22-17(20)15(18(21)23-5-2)12(3)14-11-19(16(14)24)13-9-7-6-8-10-13/h6-10,12,14-15H,4-5,11H2,1-3H3/t12?,14-/m1/s1. The van der Waals surface area contributed by atoms with Crippen molar-refractivity contribution in [1.29, 1.82) is 0 Å². The number of benzene rings is 1. The van der Waals surface area contributed by atoms with Gasteiger partial charge in [-0.25, -0.2) is 0 Å². The second kappa shape index (κ2) is 8.24. The van der Waals surface area contributed by atoms with Crippen LogP contribution in [0.25, 0.3) is 0 Å². The largest absolute Gasteiger partial charge is 0.465 e. The number of para-hydroxylation sites is 1. The zero-order valence-corrected chi connectivity index (χ0v) is 15.0. The van der Waals surface area contributed by atoms with Crippen LogP contribution in [-0.4, -0.2) is 36.7 Å². The maximum absolute atomic E-state index is 12.2. The van der Waals surface area contributed by atoms with Gasteiger partial charge in [0.1, 0.15) is 0 Å². The van der Waals surface area contributed by atoms with Crippen LogP contribution in [0.4, 0.5) is 5.69 Å². The normalized spacial score (nSPS) is 18.1. The fraction of sp³-hybridized carbons (Fsp3) is 0.500. The van der Waals surface area contributed by atoms with Crippen LogP contribution in [0.5, 0.6) is 0 Å². The molecule has 0 bridgehead atoms. The number of rotatable bonds is 7. The van der Waals surface area contributed by atoms with E-state index in [0.717, 1.165) is 10.7 Å². The number of nitrogens with zero attached hydrogens (tertiary/aromatic N) is 1. The summed E-state index contributed by atoms with van der Waals surface area (Å²) in [5.74, 6) is -2.31. The molecule has 5 nitrogen and oxygen atoms in total. The highest BCUT2D eigenvalue weighted by Crippen LogP contribution is 2.36. The summed E-state index contributed by atoms with van der Waals surface area (Å²) >= 11 is 5.53. The van der Waals surface area contributed by atoms with Gasteiger partial charge in [-0.3, -0.25) is 9.59 Å². The molecule has 0 spiro atoms. The Labute approximate surface area is 147 Å². The van der Waals surface area contributed by atoms with E-state index < -0.39 is 17.9 Å². The van der Waals surface area contributed by atoms with E-state index in [1.54, 1.807) is 13.8 Å². The third-order valence-electron chi connectivity index (χ3n) is 4.27. The molecule has 1 aromatic rings. The Morgan fingerprint density at radius 3 is 2.17 bits per heavy atom. The lowest BCUT2D eigenvalue weighted by atomic mass is 9.78. The van der Waals surface area contributed by atoms with Gasteiger partial charge in [-0.1, -0.05) is 37.3 Å². The van der Waals surface area contributed by atoms with Gasteiger partial charge in [-0.15, -0.1) is 0 Å². The minimum absolute atomic E-state index is 0.0287. The molecule has 1 saturated heterocycles. The lowest BCUT2D eigenvalue weighted by Gasteiger charge is -2.45. The summed E-state index contributed by atoms with van der Waals surface area (Å²) in [6, 6.07) is 9.83. The van der Waals surface area contributed by atoms with Crippen LogP contribution in [0.15, 0.2) is 30.3 Å². The average molecular weight is 349 g/mol. The highest BCUT2D eigenvalue weighted by molar-refractivity contribution is 7.80. The van der Waals surface area contributed by atoms with E-state index in [4.69, 9.17) is 21.7 Å². The lowest BCUT2D eigenvalue weighted by molar-refractivity contribution is -0.164. The fourth-order valence-corrected chi connectivity index (χ4v) is 3.38. The van der Waals surface area contributed by atoms with Crippen LogP contribution in [0, 0.1) is 17.8 Å². The molecule has 1 fully saturated rings. The van der Waals surface area contributed by atoms with E-state index in [1.807, 2.05) is 42.2 Å². The van der Waals surface area contributed by atoms with Gasteiger partial charge in [-0.2, -0.15) is 0 Å². The molecular formula is C18H23NO4S. The van der Waals surface area contributed by atoms with Gasteiger partial charge in [0.05, 0.1) is 18.2 Å². The Hall–Kier alpha value is -1.95. The summed E-state index contributed by atoms with van der Waals surface area (Å²) in [4.78, 5) is 27.2. The van der Waals surface area contributed by atoms with E-state index in [1.165, 1.54) is 0 Å². The fourth-order valence-electron chi connectivity index (χ4n) is 2.91. The van der Waals surface area contributed by atoms with E-state index in [-0.39, 0.29) is 25.0 Å². The predicted molar refractivity (Wildman–Crippen MR) is 95.8 cm³/mol. The molecule has 130 valence electrons. The number of carbonyl (C=O) groups excluding carboxylic acids is 2. The third-order valence-corrected chi connectivity index (χ3v) is 4.80. The maximum Gasteiger partial charge on any atom is 0.320 e. The quantitative estimate of drug-likeness (QED) is 0.429. The van der Waals surface area contributed by atoms with Crippen LogP contribution in [-0.2, 0) is 19.1 Å². The SMILES string of the molecule is CCOC(=O)C(C(=O)OCC)C(C)[C@H]1CN(c2ccccc2)C1=S. The van der Waals surface area contributed by atoms with Gasteiger partial charge in [0.15, 0.2) is 5.92 Å². The number of ether oxygens (including phenoxy) is 2. The first-order valence-corrected chi connectivity index (χ1v) is 8.61. The summed E-state index contributed by atoms with van der Waals surface area (Å²) in [6.07, 6.45) is 0. The van der Waals surface area contributed by atoms with Crippen molar-refractivity contribution in [3.05, 3.63) is 30.3 Å². The Balaban J connectivity index is 2.10. The lowest BCUT2D eigenvalue weighted by Crippen LogP contribution is -2.56. The summed E-state index contributed by atoms with van der Waals surface area (Å²) < 4.78 is 10.1. The zero-order chi connectivity index (χ0) is 17.7. The molecule has 24 heavy (non-hydrogen) atoms. The Morgan fingerprint density at radius 1 is 1.17 bits per heavy atom. The zero-order valence-electron chi connectivity index (χ0n) is 14.2. The van der Waals surface area contributed by atoms with Gasteiger partial charge >= 0.3 is 11.9 Å². The highest BCUT2D eigenvalue weighted by atomic mass is 32.1.